The molecule has 7 nitrogen and oxygen atoms in total. The third-order valence-corrected chi connectivity index (χ3v) is 4.63. The zero-order chi connectivity index (χ0) is 20.2. The lowest BCUT2D eigenvalue weighted by Crippen LogP contribution is -2.29. The van der Waals surface area contributed by atoms with E-state index in [0.29, 0.717) is 4.90 Å². The van der Waals surface area contributed by atoms with Crippen LogP contribution in [-0.4, -0.2) is 33.1 Å². The van der Waals surface area contributed by atoms with Gasteiger partial charge in [-0.15, -0.1) is 0 Å². The number of carbonyl (C=O) groups is 3. The van der Waals surface area contributed by atoms with E-state index in [2.05, 4.69) is 0 Å². The van der Waals surface area contributed by atoms with Crippen LogP contribution < -0.4 is 4.90 Å². The highest BCUT2D eigenvalue weighted by atomic mass is 19.1. The molecule has 1 aliphatic rings. The van der Waals surface area contributed by atoms with Crippen LogP contribution >= 0.6 is 0 Å². The molecule has 8 heteroatoms. The van der Waals surface area contributed by atoms with E-state index in [1.165, 1.54) is 24.3 Å². The molecule has 3 aromatic rings. The van der Waals surface area contributed by atoms with Gasteiger partial charge in [-0.1, -0.05) is 30.3 Å². The predicted octanol–water partition coefficient (Wildman–Crippen LogP) is 2.82. The fraction of sp³-hybridized carbons (Fsp3) is 0.0500. The first-order chi connectivity index (χ1) is 13.3. The number of carboxylic acids is 1. The Bertz CT molecular complexity index is 1140. The molecular formula is C20H12FNO6. The summed E-state index contributed by atoms with van der Waals surface area (Å²) >= 11 is 0. The summed E-state index contributed by atoms with van der Waals surface area (Å²) in [7, 11) is 0. The summed E-state index contributed by atoms with van der Waals surface area (Å²) in [5.74, 6) is -4.85. The molecule has 0 unspecified atom stereocenters. The molecule has 1 aliphatic heterocycles. The van der Waals surface area contributed by atoms with Gasteiger partial charge in [0.2, 0.25) is 0 Å². The first kappa shape index (κ1) is 17.5. The number of halogens is 1. The average molecular weight is 381 g/mol. The van der Waals surface area contributed by atoms with Crippen molar-refractivity contribution < 1.29 is 34.1 Å². The van der Waals surface area contributed by atoms with Crippen molar-refractivity contribution in [1.29, 1.82) is 0 Å². The average Bonchev–Trinajstić information content (AvgIpc) is 2.92. The van der Waals surface area contributed by atoms with Gasteiger partial charge in [-0.3, -0.25) is 14.4 Å². The van der Waals surface area contributed by atoms with E-state index in [0.717, 1.165) is 6.07 Å². The summed E-state index contributed by atoms with van der Waals surface area (Å²) in [6, 6.07) is 9.45. The topological polar surface area (TPSA) is 115 Å². The lowest BCUT2D eigenvalue weighted by Gasteiger charge is -2.14. The van der Waals surface area contributed by atoms with Gasteiger partial charge < -0.3 is 15.3 Å². The molecule has 0 fully saturated rings. The van der Waals surface area contributed by atoms with Crippen LogP contribution in [0.1, 0.15) is 26.3 Å². The number of hydrogen-bond acceptors (Lipinski definition) is 5. The Morgan fingerprint density at radius 1 is 0.929 bits per heavy atom. The van der Waals surface area contributed by atoms with Crippen molar-refractivity contribution in [3.8, 4) is 11.5 Å². The van der Waals surface area contributed by atoms with Crippen molar-refractivity contribution in [1.82, 2.24) is 0 Å². The Labute approximate surface area is 156 Å². The SMILES string of the molecule is O=C(O)Cc1ccc(N2C(=O)c3c(c(O)c4ccccc4c3O)C2=O)cc1F. The summed E-state index contributed by atoms with van der Waals surface area (Å²) in [4.78, 5) is 37.0. The molecule has 2 amide bonds. The fourth-order valence-corrected chi connectivity index (χ4v) is 3.35. The van der Waals surface area contributed by atoms with Crippen LogP contribution in [0.2, 0.25) is 0 Å². The van der Waals surface area contributed by atoms with Crippen LogP contribution in [0.5, 0.6) is 11.5 Å². The van der Waals surface area contributed by atoms with E-state index < -0.39 is 41.5 Å². The van der Waals surface area contributed by atoms with E-state index in [9.17, 15) is 29.0 Å². The first-order valence-corrected chi connectivity index (χ1v) is 8.17. The van der Waals surface area contributed by atoms with E-state index in [-0.39, 0.29) is 33.2 Å². The molecule has 3 N–H and O–H groups in total. The number of aliphatic carboxylic acids is 1. The fourth-order valence-electron chi connectivity index (χ4n) is 3.35. The molecule has 0 saturated carbocycles. The number of nitrogens with zero attached hydrogens (tertiary/aromatic N) is 1. The smallest absolute Gasteiger partial charge is 0.307 e. The number of carboxylic acid groups (broad SMARTS) is 1. The molecule has 0 radical (unpaired) electrons. The quantitative estimate of drug-likeness (QED) is 0.475. The Morgan fingerprint density at radius 2 is 1.46 bits per heavy atom. The third kappa shape index (κ3) is 2.38. The highest BCUT2D eigenvalue weighted by Gasteiger charge is 2.42. The summed E-state index contributed by atoms with van der Waals surface area (Å²) in [5.41, 5.74) is -0.975. The van der Waals surface area contributed by atoms with Crippen LogP contribution in [0.25, 0.3) is 10.8 Å². The first-order valence-electron chi connectivity index (χ1n) is 8.17. The van der Waals surface area contributed by atoms with Crippen LogP contribution in [0.4, 0.5) is 10.1 Å². The summed E-state index contributed by atoms with van der Waals surface area (Å²) in [6.07, 6.45) is -0.554. The van der Waals surface area contributed by atoms with Crippen molar-refractivity contribution in [3.63, 3.8) is 0 Å². The molecule has 0 atom stereocenters. The second-order valence-electron chi connectivity index (χ2n) is 6.28. The van der Waals surface area contributed by atoms with Crippen molar-refractivity contribution >= 4 is 34.2 Å². The molecule has 3 aromatic carbocycles. The van der Waals surface area contributed by atoms with Gasteiger partial charge in [0, 0.05) is 10.8 Å². The van der Waals surface area contributed by atoms with Crippen molar-refractivity contribution in [2.75, 3.05) is 4.90 Å². The number of rotatable bonds is 3. The highest BCUT2D eigenvalue weighted by molar-refractivity contribution is 6.37. The monoisotopic (exact) mass is 381 g/mol. The van der Waals surface area contributed by atoms with Crippen LogP contribution in [0.3, 0.4) is 0 Å². The maximum Gasteiger partial charge on any atom is 0.307 e. The number of carbonyl (C=O) groups excluding carboxylic acids is 2. The lowest BCUT2D eigenvalue weighted by atomic mass is 9.99. The Morgan fingerprint density at radius 3 is 1.93 bits per heavy atom. The Balaban J connectivity index is 1.87. The van der Waals surface area contributed by atoms with E-state index in [1.54, 1.807) is 12.1 Å². The number of phenolic OH excluding ortho intramolecular Hbond substituents is 2. The summed E-state index contributed by atoms with van der Waals surface area (Å²) < 4.78 is 14.2. The van der Waals surface area contributed by atoms with Gasteiger partial charge in [-0.2, -0.15) is 0 Å². The zero-order valence-electron chi connectivity index (χ0n) is 14.1. The van der Waals surface area contributed by atoms with Gasteiger partial charge in [0.25, 0.3) is 11.8 Å². The number of phenols is 2. The van der Waals surface area contributed by atoms with Gasteiger partial charge in [0.1, 0.15) is 17.3 Å². The molecule has 0 spiro atoms. The van der Waals surface area contributed by atoms with Crippen molar-refractivity contribution in [2.24, 2.45) is 0 Å². The number of hydrogen-bond donors (Lipinski definition) is 3. The van der Waals surface area contributed by atoms with Crippen LogP contribution in [0, 0.1) is 5.82 Å². The number of amides is 2. The van der Waals surface area contributed by atoms with Gasteiger partial charge in [-0.05, 0) is 17.7 Å². The van der Waals surface area contributed by atoms with Crippen molar-refractivity contribution in [2.45, 2.75) is 6.42 Å². The maximum absolute atomic E-state index is 14.2. The second kappa shape index (κ2) is 6.05. The standard InChI is InChI=1S/C20H12FNO6/c21-13-8-10(6-5-9(13)7-14(23)24)22-19(27)15-16(20(22)28)18(26)12-4-2-1-3-11(12)17(15)25/h1-6,8,25-26H,7H2,(H,23,24). The molecule has 1 heterocycles. The highest BCUT2D eigenvalue weighted by Crippen LogP contribution is 2.44. The van der Waals surface area contributed by atoms with Gasteiger partial charge in [-0.25, -0.2) is 9.29 Å². The zero-order valence-corrected chi connectivity index (χ0v) is 14.1. The van der Waals surface area contributed by atoms with E-state index in [1.807, 2.05) is 0 Å². The molecule has 0 aliphatic carbocycles. The van der Waals surface area contributed by atoms with E-state index >= 15 is 0 Å². The lowest BCUT2D eigenvalue weighted by molar-refractivity contribution is -0.136. The molecule has 0 bridgehead atoms. The number of aromatic hydroxyl groups is 2. The summed E-state index contributed by atoms with van der Waals surface area (Å²) in [6.45, 7) is 0. The summed E-state index contributed by atoms with van der Waals surface area (Å²) in [5, 5.41) is 30.2. The molecule has 140 valence electrons. The minimum absolute atomic E-state index is 0.107. The van der Waals surface area contributed by atoms with Crippen LogP contribution in [-0.2, 0) is 11.2 Å². The Hall–Kier alpha value is -3.94. The number of anilines is 1. The van der Waals surface area contributed by atoms with Crippen LogP contribution in [0.15, 0.2) is 42.5 Å². The number of imide groups is 1. The number of fused-ring (bicyclic) bond motifs is 2. The molecule has 0 saturated heterocycles. The molecular weight excluding hydrogens is 369 g/mol. The van der Waals surface area contributed by atoms with E-state index in [4.69, 9.17) is 5.11 Å². The Kier molecular flexibility index (Phi) is 3.78. The predicted molar refractivity (Wildman–Crippen MR) is 96.2 cm³/mol. The minimum Gasteiger partial charge on any atom is -0.506 e. The normalized spacial score (nSPS) is 13.2. The second-order valence-corrected chi connectivity index (χ2v) is 6.28. The van der Waals surface area contributed by atoms with Gasteiger partial charge >= 0.3 is 5.97 Å². The molecule has 28 heavy (non-hydrogen) atoms. The number of benzene rings is 3. The third-order valence-electron chi connectivity index (χ3n) is 4.63. The minimum atomic E-state index is -1.23. The largest absolute Gasteiger partial charge is 0.506 e. The van der Waals surface area contributed by atoms with Gasteiger partial charge in [0.15, 0.2) is 0 Å². The van der Waals surface area contributed by atoms with Crippen molar-refractivity contribution in [3.05, 3.63) is 65.0 Å². The molecule has 4 rings (SSSR count). The maximum atomic E-state index is 14.2. The molecule has 0 aromatic heterocycles. The van der Waals surface area contributed by atoms with Gasteiger partial charge in [0.05, 0.1) is 23.2 Å².